The fourth-order valence-corrected chi connectivity index (χ4v) is 11.9. The Morgan fingerprint density at radius 1 is 0.508 bits per heavy atom. The van der Waals surface area contributed by atoms with Crippen molar-refractivity contribution in [3.05, 3.63) is 199 Å². The zero-order valence-corrected chi connectivity index (χ0v) is 34.2. The Morgan fingerprint density at radius 3 is 1.89 bits per heavy atom. The molecule has 1 aliphatic carbocycles. The molecule has 0 saturated heterocycles. The van der Waals surface area contributed by atoms with Crippen LogP contribution in [0.15, 0.2) is 182 Å². The molecule has 0 amide bonds. The van der Waals surface area contributed by atoms with Crippen LogP contribution in [0, 0.1) is 6.92 Å². The summed E-state index contributed by atoms with van der Waals surface area (Å²) in [5, 5.41) is 3.85. The molecule has 3 aromatic heterocycles. The predicted molar refractivity (Wildman–Crippen MR) is 256 cm³/mol. The second-order valence-corrected chi connectivity index (χ2v) is 17.7. The van der Waals surface area contributed by atoms with E-state index in [1.165, 1.54) is 99.5 Å². The molecule has 0 atom stereocenters. The van der Waals surface area contributed by atoms with Crippen LogP contribution in [0.4, 0.5) is 17.1 Å². The molecule has 2 aliphatic heterocycles. The summed E-state index contributed by atoms with van der Waals surface area (Å²) in [7, 11) is 0. The van der Waals surface area contributed by atoms with Crippen LogP contribution in [0.25, 0.3) is 72.1 Å². The minimum Gasteiger partial charge on any atom is -0.310 e. The van der Waals surface area contributed by atoms with Gasteiger partial charge in [-0.2, -0.15) is 0 Å². The molecule has 0 unspecified atom stereocenters. The first kappa shape index (κ1) is 33.3. The first-order valence-corrected chi connectivity index (χ1v) is 21.5. The Morgan fingerprint density at radius 2 is 1.13 bits per heavy atom. The Labute approximate surface area is 354 Å². The molecule has 8 aromatic carbocycles. The monoisotopic (exact) mass is 778 g/mol. The number of anilines is 3. The van der Waals surface area contributed by atoms with E-state index in [2.05, 4.69) is 221 Å². The molecule has 0 bridgehead atoms. The zero-order chi connectivity index (χ0) is 40.3. The van der Waals surface area contributed by atoms with Gasteiger partial charge >= 0.3 is 0 Å². The van der Waals surface area contributed by atoms with Crippen molar-refractivity contribution in [2.45, 2.75) is 26.2 Å². The zero-order valence-electron chi connectivity index (χ0n) is 34.2. The normalized spacial score (nSPS) is 13.9. The van der Waals surface area contributed by atoms with E-state index < -0.39 is 0 Å². The maximum absolute atomic E-state index is 2.66. The third-order valence-electron chi connectivity index (χ3n) is 14.2. The number of fused-ring (bicyclic) bond motifs is 14. The van der Waals surface area contributed by atoms with E-state index in [-0.39, 0.29) is 12.1 Å². The van der Waals surface area contributed by atoms with Crippen LogP contribution < -0.4 is 21.3 Å². The SMILES string of the molecule is Cc1cc2c3c(c1)-n1c4c(ccc(N(c5ccccc5)c5ccccc5)c4c4c1c1ccccc1n4-c1ccccc1)B3c1cccc3c4c(n-2c13)-c1ccccc1C4(C)C. The van der Waals surface area contributed by atoms with Crippen molar-refractivity contribution >= 4 is 83.9 Å². The van der Waals surface area contributed by atoms with Crippen molar-refractivity contribution in [1.29, 1.82) is 0 Å². The Balaban J connectivity index is 1.20. The Bertz CT molecular complexity index is 3640. The molecule has 0 fully saturated rings. The first-order valence-electron chi connectivity index (χ1n) is 21.5. The largest absolute Gasteiger partial charge is 0.310 e. The molecule has 5 heteroatoms. The summed E-state index contributed by atoms with van der Waals surface area (Å²) in [6.07, 6.45) is 0. The minimum atomic E-state index is -0.134. The van der Waals surface area contributed by atoms with Crippen LogP contribution in [0.2, 0.25) is 0 Å². The molecule has 0 radical (unpaired) electrons. The summed E-state index contributed by atoms with van der Waals surface area (Å²) in [6, 6.07) is 67.8. The van der Waals surface area contributed by atoms with Gasteiger partial charge in [-0.15, -0.1) is 0 Å². The topological polar surface area (TPSA) is 18.0 Å². The molecule has 3 aliphatic rings. The quantitative estimate of drug-likeness (QED) is 0.163. The molecule has 0 saturated carbocycles. The highest BCUT2D eigenvalue weighted by atomic mass is 15.2. The number of hydrogen-bond donors (Lipinski definition) is 0. The summed E-state index contributed by atoms with van der Waals surface area (Å²) in [5.41, 5.74) is 24.2. The van der Waals surface area contributed by atoms with Crippen molar-refractivity contribution in [2.24, 2.45) is 0 Å². The molecule has 11 aromatic rings. The van der Waals surface area contributed by atoms with Crippen LogP contribution in [0.1, 0.15) is 30.5 Å². The summed E-state index contributed by atoms with van der Waals surface area (Å²) in [5.74, 6) is 0. The molecular formula is C56H39BN4. The smallest absolute Gasteiger partial charge is 0.252 e. The number of rotatable bonds is 4. The van der Waals surface area contributed by atoms with Gasteiger partial charge in [-0.25, -0.2) is 0 Å². The van der Waals surface area contributed by atoms with Crippen molar-refractivity contribution in [2.75, 3.05) is 4.90 Å². The standard InChI is InChI=1S/C56H39BN4/c1-34-32-46-50-47(33-34)61-53-39-25-14-16-29-44(39)59(37-22-11-6-12-23-37)55(53)48-45(58(35-18-7-4-8-19-35)36-20-9-5-10-21-36)31-30-43(54(48)61)57(50)42-28-17-26-40-49-52(60(46)51(40)42)38-24-13-15-27-41(38)56(49,2)3/h4-33H,1-3H3. The van der Waals surface area contributed by atoms with Gasteiger partial charge in [0.05, 0.1) is 33.4 Å². The van der Waals surface area contributed by atoms with Crippen LogP contribution in [-0.4, -0.2) is 20.4 Å². The third-order valence-corrected chi connectivity index (χ3v) is 14.2. The first-order chi connectivity index (χ1) is 30.0. The lowest BCUT2D eigenvalue weighted by molar-refractivity contribution is 0.666. The summed E-state index contributed by atoms with van der Waals surface area (Å²) >= 11 is 0. The predicted octanol–water partition coefficient (Wildman–Crippen LogP) is 11.9. The minimum absolute atomic E-state index is 0.0385. The van der Waals surface area contributed by atoms with Crippen molar-refractivity contribution in [3.63, 3.8) is 0 Å². The van der Waals surface area contributed by atoms with Gasteiger partial charge in [0.25, 0.3) is 6.71 Å². The molecule has 0 spiro atoms. The average molecular weight is 779 g/mol. The van der Waals surface area contributed by atoms with Gasteiger partial charge in [0.15, 0.2) is 0 Å². The highest BCUT2D eigenvalue weighted by Gasteiger charge is 2.47. The number of nitrogens with zero attached hydrogens (tertiary/aromatic N) is 4. The fraction of sp³-hybridized carbons (Fsp3) is 0.0714. The Kier molecular flexibility index (Phi) is 6.35. The van der Waals surface area contributed by atoms with E-state index in [9.17, 15) is 0 Å². The van der Waals surface area contributed by atoms with Gasteiger partial charge in [0.2, 0.25) is 0 Å². The number of para-hydroxylation sites is 5. The molecule has 14 rings (SSSR count). The van der Waals surface area contributed by atoms with Crippen molar-refractivity contribution in [1.82, 2.24) is 13.7 Å². The van der Waals surface area contributed by atoms with Gasteiger partial charge in [0.1, 0.15) is 0 Å². The van der Waals surface area contributed by atoms with E-state index in [0.29, 0.717) is 0 Å². The maximum atomic E-state index is 2.66. The summed E-state index contributed by atoms with van der Waals surface area (Å²) < 4.78 is 7.85. The van der Waals surface area contributed by atoms with E-state index in [0.717, 1.165) is 22.7 Å². The number of aryl methyl sites for hydroxylation is 1. The number of aromatic nitrogens is 3. The lowest BCUT2D eigenvalue weighted by atomic mass is 9.34. The molecule has 5 heterocycles. The van der Waals surface area contributed by atoms with Gasteiger partial charge in [-0.05, 0) is 101 Å². The number of hydrogen-bond acceptors (Lipinski definition) is 1. The third kappa shape index (κ3) is 4.07. The van der Waals surface area contributed by atoms with Crippen LogP contribution >= 0.6 is 0 Å². The lowest BCUT2D eigenvalue weighted by Crippen LogP contribution is -2.59. The highest BCUT2D eigenvalue weighted by Crippen LogP contribution is 2.55. The lowest BCUT2D eigenvalue weighted by Gasteiger charge is -2.35. The van der Waals surface area contributed by atoms with Gasteiger partial charge in [-0.3, -0.25) is 0 Å². The molecule has 0 N–H and O–H groups in total. The van der Waals surface area contributed by atoms with E-state index in [1.54, 1.807) is 0 Å². The summed E-state index contributed by atoms with van der Waals surface area (Å²) in [4.78, 5) is 2.46. The number of benzene rings is 8. The van der Waals surface area contributed by atoms with Crippen LogP contribution in [0.5, 0.6) is 0 Å². The Hall–Kier alpha value is -7.50. The molecule has 61 heavy (non-hydrogen) atoms. The maximum Gasteiger partial charge on any atom is 0.252 e. The molecular weight excluding hydrogens is 739 g/mol. The second-order valence-electron chi connectivity index (χ2n) is 17.7. The van der Waals surface area contributed by atoms with Crippen molar-refractivity contribution in [3.8, 4) is 28.3 Å². The average Bonchev–Trinajstić information content (AvgIpc) is 4.01. The van der Waals surface area contributed by atoms with E-state index >= 15 is 0 Å². The highest BCUT2D eigenvalue weighted by molar-refractivity contribution is 7.00. The van der Waals surface area contributed by atoms with E-state index in [1.807, 2.05) is 0 Å². The van der Waals surface area contributed by atoms with Gasteiger partial charge in [0, 0.05) is 61.1 Å². The summed E-state index contributed by atoms with van der Waals surface area (Å²) in [6.45, 7) is 7.16. The van der Waals surface area contributed by atoms with E-state index in [4.69, 9.17) is 0 Å². The second kappa shape index (κ2) is 11.6. The van der Waals surface area contributed by atoms with Crippen molar-refractivity contribution < 1.29 is 0 Å². The molecule has 286 valence electrons. The van der Waals surface area contributed by atoms with Gasteiger partial charge in [-0.1, -0.05) is 135 Å². The fourth-order valence-electron chi connectivity index (χ4n) is 11.9. The van der Waals surface area contributed by atoms with Crippen LogP contribution in [0.3, 0.4) is 0 Å². The van der Waals surface area contributed by atoms with Gasteiger partial charge < -0.3 is 18.6 Å². The molecule has 4 nitrogen and oxygen atoms in total. The van der Waals surface area contributed by atoms with Crippen LogP contribution in [-0.2, 0) is 5.41 Å².